The Morgan fingerprint density at radius 2 is 2.07 bits per heavy atom. The molecule has 2 heteroatoms. The van der Waals surface area contributed by atoms with Crippen molar-refractivity contribution < 1.29 is 4.74 Å². The molecule has 1 rings (SSSR count). The van der Waals surface area contributed by atoms with E-state index in [1.807, 2.05) is 0 Å². The molecule has 0 aromatic rings. The summed E-state index contributed by atoms with van der Waals surface area (Å²) in [6.07, 6.45) is 9.64. The van der Waals surface area contributed by atoms with Gasteiger partial charge < -0.3 is 10.1 Å². The zero-order valence-corrected chi connectivity index (χ0v) is 10.4. The van der Waals surface area contributed by atoms with Crippen molar-refractivity contribution >= 4 is 0 Å². The third kappa shape index (κ3) is 5.53. The quantitative estimate of drug-likeness (QED) is 0.541. The first-order chi connectivity index (χ1) is 7.36. The van der Waals surface area contributed by atoms with Crippen LogP contribution in [0, 0.1) is 5.92 Å². The van der Waals surface area contributed by atoms with Gasteiger partial charge in [-0.05, 0) is 38.1 Å². The van der Waals surface area contributed by atoms with Crippen LogP contribution >= 0.6 is 0 Å². The molecule has 2 atom stereocenters. The second-order valence-corrected chi connectivity index (χ2v) is 4.78. The molecular formula is C13H27NO. The molecule has 0 aromatic carbocycles. The maximum absolute atomic E-state index is 5.12. The number of hydrogen-bond acceptors (Lipinski definition) is 2. The van der Waals surface area contributed by atoms with Crippen LogP contribution in [0.1, 0.15) is 51.9 Å². The summed E-state index contributed by atoms with van der Waals surface area (Å²) in [7, 11) is 1.80. The van der Waals surface area contributed by atoms with Crippen molar-refractivity contribution in [2.24, 2.45) is 5.92 Å². The number of methoxy groups -OCH3 is 1. The lowest BCUT2D eigenvalue weighted by Gasteiger charge is -2.20. The molecule has 0 saturated heterocycles. The number of hydrogen-bond donors (Lipinski definition) is 1. The summed E-state index contributed by atoms with van der Waals surface area (Å²) in [5.74, 6) is 0.937. The molecule has 0 bridgehead atoms. The highest BCUT2D eigenvalue weighted by Gasteiger charge is 2.18. The number of rotatable bonds is 6. The summed E-state index contributed by atoms with van der Waals surface area (Å²) in [6, 6.07) is 0.782. The van der Waals surface area contributed by atoms with Crippen molar-refractivity contribution in [2.45, 2.75) is 57.9 Å². The van der Waals surface area contributed by atoms with Crippen LogP contribution in [0.3, 0.4) is 0 Å². The van der Waals surface area contributed by atoms with Crippen molar-refractivity contribution in [1.29, 1.82) is 0 Å². The zero-order chi connectivity index (χ0) is 10.9. The van der Waals surface area contributed by atoms with E-state index in [0.29, 0.717) is 0 Å². The average Bonchev–Trinajstić information content (AvgIpc) is 2.45. The first kappa shape index (κ1) is 13.0. The molecule has 0 spiro atoms. The Morgan fingerprint density at radius 3 is 2.80 bits per heavy atom. The Morgan fingerprint density at radius 1 is 1.27 bits per heavy atom. The summed E-state index contributed by atoms with van der Waals surface area (Å²) in [6.45, 7) is 4.27. The fraction of sp³-hybridized carbons (Fsp3) is 1.00. The molecule has 0 aliphatic heterocycles. The highest BCUT2D eigenvalue weighted by molar-refractivity contribution is 4.75. The molecule has 0 radical (unpaired) electrons. The van der Waals surface area contributed by atoms with Gasteiger partial charge in [0, 0.05) is 19.8 Å². The second-order valence-electron chi connectivity index (χ2n) is 4.78. The standard InChI is InChI=1S/C13H27NO/c1-3-14-13-9-5-4-7-12(11-13)8-6-10-15-2/h12-14H,3-11H2,1-2H3. The minimum Gasteiger partial charge on any atom is -0.385 e. The van der Waals surface area contributed by atoms with Crippen molar-refractivity contribution in [1.82, 2.24) is 5.32 Å². The van der Waals surface area contributed by atoms with Gasteiger partial charge in [0.05, 0.1) is 0 Å². The summed E-state index contributed by atoms with van der Waals surface area (Å²) >= 11 is 0. The summed E-state index contributed by atoms with van der Waals surface area (Å²) in [5, 5.41) is 3.61. The van der Waals surface area contributed by atoms with E-state index in [2.05, 4.69) is 12.2 Å². The molecule has 2 unspecified atom stereocenters. The third-order valence-corrected chi connectivity index (χ3v) is 3.49. The van der Waals surface area contributed by atoms with Crippen LogP contribution in [0.5, 0.6) is 0 Å². The lowest BCUT2D eigenvalue weighted by atomic mass is 9.93. The summed E-state index contributed by atoms with van der Waals surface area (Å²) < 4.78 is 5.12. The van der Waals surface area contributed by atoms with E-state index in [1.165, 1.54) is 44.9 Å². The van der Waals surface area contributed by atoms with Crippen LogP contribution < -0.4 is 5.32 Å². The van der Waals surface area contributed by atoms with Gasteiger partial charge in [-0.1, -0.05) is 26.2 Å². The van der Waals surface area contributed by atoms with Crippen LogP contribution in [-0.2, 0) is 4.74 Å². The fourth-order valence-corrected chi connectivity index (χ4v) is 2.71. The molecule has 0 heterocycles. The monoisotopic (exact) mass is 213 g/mol. The van der Waals surface area contributed by atoms with E-state index in [4.69, 9.17) is 4.74 Å². The number of nitrogens with one attached hydrogen (secondary N) is 1. The molecule has 0 amide bonds. The molecule has 1 N–H and O–H groups in total. The van der Waals surface area contributed by atoms with E-state index in [0.717, 1.165) is 25.1 Å². The molecule has 15 heavy (non-hydrogen) atoms. The SMILES string of the molecule is CCNC1CCCCC(CCCOC)C1. The first-order valence-electron chi connectivity index (χ1n) is 6.59. The molecule has 0 aromatic heterocycles. The predicted molar refractivity (Wildman–Crippen MR) is 65.1 cm³/mol. The third-order valence-electron chi connectivity index (χ3n) is 3.49. The van der Waals surface area contributed by atoms with Gasteiger partial charge in [0.15, 0.2) is 0 Å². The topological polar surface area (TPSA) is 21.3 Å². The highest BCUT2D eigenvalue weighted by atomic mass is 16.5. The normalized spacial score (nSPS) is 27.6. The Kier molecular flexibility index (Phi) is 7.03. The van der Waals surface area contributed by atoms with Crippen LogP contribution in [0.2, 0.25) is 0 Å². The van der Waals surface area contributed by atoms with Crippen molar-refractivity contribution in [2.75, 3.05) is 20.3 Å². The lowest BCUT2D eigenvalue weighted by Crippen LogP contribution is -2.29. The lowest BCUT2D eigenvalue weighted by molar-refractivity contribution is 0.184. The van der Waals surface area contributed by atoms with Gasteiger partial charge in [0.2, 0.25) is 0 Å². The van der Waals surface area contributed by atoms with Crippen LogP contribution in [0.4, 0.5) is 0 Å². The fourth-order valence-electron chi connectivity index (χ4n) is 2.71. The van der Waals surface area contributed by atoms with E-state index in [1.54, 1.807) is 7.11 Å². The van der Waals surface area contributed by atoms with Crippen LogP contribution in [0.15, 0.2) is 0 Å². The smallest absolute Gasteiger partial charge is 0.0462 e. The van der Waals surface area contributed by atoms with E-state index in [-0.39, 0.29) is 0 Å². The van der Waals surface area contributed by atoms with Gasteiger partial charge in [0.25, 0.3) is 0 Å². The predicted octanol–water partition coefficient (Wildman–Crippen LogP) is 2.97. The Labute approximate surface area is 94.8 Å². The van der Waals surface area contributed by atoms with Crippen LogP contribution in [0.25, 0.3) is 0 Å². The maximum Gasteiger partial charge on any atom is 0.0462 e. The Balaban J connectivity index is 2.22. The number of ether oxygens (including phenoxy) is 1. The molecule has 1 fully saturated rings. The average molecular weight is 213 g/mol. The van der Waals surface area contributed by atoms with E-state index < -0.39 is 0 Å². The minimum absolute atomic E-state index is 0.782. The Bertz CT molecular complexity index is 149. The van der Waals surface area contributed by atoms with Crippen molar-refractivity contribution in [3.63, 3.8) is 0 Å². The van der Waals surface area contributed by atoms with Gasteiger partial charge in [0.1, 0.15) is 0 Å². The van der Waals surface area contributed by atoms with Gasteiger partial charge in [-0.15, -0.1) is 0 Å². The summed E-state index contributed by atoms with van der Waals surface area (Å²) in [5.41, 5.74) is 0. The molecule has 90 valence electrons. The Hall–Kier alpha value is -0.0800. The van der Waals surface area contributed by atoms with Crippen molar-refractivity contribution in [3.05, 3.63) is 0 Å². The largest absolute Gasteiger partial charge is 0.385 e. The van der Waals surface area contributed by atoms with Crippen LogP contribution in [-0.4, -0.2) is 26.3 Å². The molecular weight excluding hydrogens is 186 g/mol. The van der Waals surface area contributed by atoms with Gasteiger partial charge in [-0.25, -0.2) is 0 Å². The molecule has 1 saturated carbocycles. The van der Waals surface area contributed by atoms with Gasteiger partial charge in [-0.2, -0.15) is 0 Å². The van der Waals surface area contributed by atoms with Gasteiger partial charge >= 0.3 is 0 Å². The van der Waals surface area contributed by atoms with E-state index >= 15 is 0 Å². The molecule has 1 aliphatic rings. The zero-order valence-electron chi connectivity index (χ0n) is 10.4. The molecule has 1 aliphatic carbocycles. The highest BCUT2D eigenvalue weighted by Crippen LogP contribution is 2.26. The van der Waals surface area contributed by atoms with Gasteiger partial charge in [-0.3, -0.25) is 0 Å². The van der Waals surface area contributed by atoms with E-state index in [9.17, 15) is 0 Å². The minimum atomic E-state index is 0.782. The maximum atomic E-state index is 5.12. The van der Waals surface area contributed by atoms with Crippen molar-refractivity contribution in [3.8, 4) is 0 Å². The second kappa shape index (κ2) is 8.12. The first-order valence-corrected chi connectivity index (χ1v) is 6.59. The summed E-state index contributed by atoms with van der Waals surface area (Å²) in [4.78, 5) is 0. The molecule has 2 nitrogen and oxygen atoms in total.